The summed E-state index contributed by atoms with van der Waals surface area (Å²) in [6.07, 6.45) is -0.636. The molecule has 0 saturated heterocycles. The van der Waals surface area contributed by atoms with Crippen molar-refractivity contribution in [1.82, 2.24) is 0 Å². The molecule has 0 rings (SSSR count). The highest BCUT2D eigenvalue weighted by Crippen LogP contribution is 2.34. The van der Waals surface area contributed by atoms with Gasteiger partial charge in [0.2, 0.25) is 3.79 Å². The SMILES string of the molecule is C.C=CC[C@H](C)[C@H](OC(=O)OCC(Cl)(Cl)Cl)[C@@H](C)C(=O)C(C)(C)[C@H](CC(=O)OC(C)(C)C)OC. The van der Waals surface area contributed by atoms with Crippen LogP contribution in [0.5, 0.6) is 0 Å². The monoisotopic (exact) mass is 546 g/mol. The summed E-state index contributed by atoms with van der Waals surface area (Å²) in [5.41, 5.74) is -1.76. The van der Waals surface area contributed by atoms with Gasteiger partial charge in [-0.2, -0.15) is 0 Å². The molecular weight excluding hydrogens is 507 g/mol. The van der Waals surface area contributed by atoms with Crippen molar-refractivity contribution < 1.29 is 33.3 Å². The third-order valence-corrected chi connectivity index (χ3v) is 5.42. The maximum Gasteiger partial charge on any atom is 0.508 e. The van der Waals surface area contributed by atoms with E-state index in [4.69, 9.17) is 53.8 Å². The van der Waals surface area contributed by atoms with Gasteiger partial charge >= 0.3 is 12.1 Å². The van der Waals surface area contributed by atoms with Crippen LogP contribution in [0.15, 0.2) is 12.7 Å². The maximum absolute atomic E-state index is 13.5. The largest absolute Gasteiger partial charge is 0.508 e. The van der Waals surface area contributed by atoms with Gasteiger partial charge in [0.15, 0.2) is 0 Å². The Morgan fingerprint density at radius 3 is 1.97 bits per heavy atom. The van der Waals surface area contributed by atoms with E-state index >= 15 is 0 Å². The Bertz CT molecular complexity index is 681. The molecule has 7 nitrogen and oxygen atoms in total. The van der Waals surface area contributed by atoms with Gasteiger partial charge in [-0.05, 0) is 33.1 Å². The fourth-order valence-electron chi connectivity index (χ4n) is 3.46. The van der Waals surface area contributed by atoms with Gasteiger partial charge in [-0.3, -0.25) is 9.59 Å². The summed E-state index contributed by atoms with van der Waals surface area (Å²) in [5.74, 6) is -1.75. The number of carbonyl (C=O) groups excluding carboxylic acids is 3. The van der Waals surface area contributed by atoms with Crippen LogP contribution < -0.4 is 0 Å². The minimum Gasteiger partial charge on any atom is -0.460 e. The van der Waals surface area contributed by atoms with E-state index in [-0.39, 0.29) is 25.5 Å². The highest BCUT2D eigenvalue weighted by atomic mass is 35.6. The van der Waals surface area contributed by atoms with E-state index in [2.05, 4.69) is 6.58 Å². The van der Waals surface area contributed by atoms with E-state index in [0.717, 1.165) is 0 Å². The predicted molar refractivity (Wildman–Crippen MR) is 136 cm³/mol. The first-order valence-corrected chi connectivity index (χ1v) is 11.8. The molecule has 0 aliphatic heterocycles. The minimum absolute atomic E-state index is 0. The molecule has 0 spiro atoms. The molecule has 4 atom stereocenters. The molecule has 0 aromatic rings. The lowest BCUT2D eigenvalue weighted by molar-refractivity contribution is -0.161. The number of rotatable bonds is 12. The summed E-state index contributed by atoms with van der Waals surface area (Å²) in [6.45, 7) is 15.3. The van der Waals surface area contributed by atoms with Crippen LogP contribution in [0.4, 0.5) is 4.79 Å². The van der Waals surface area contributed by atoms with Crippen LogP contribution in [0, 0.1) is 17.3 Å². The zero-order chi connectivity index (χ0) is 26.2. The Labute approximate surface area is 219 Å². The van der Waals surface area contributed by atoms with Crippen LogP contribution in [0.25, 0.3) is 0 Å². The second-order valence-corrected chi connectivity index (χ2v) is 12.1. The lowest BCUT2D eigenvalue weighted by Gasteiger charge is -2.37. The minimum atomic E-state index is -1.79. The van der Waals surface area contributed by atoms with Gasteiger partial charge in [0.05, 0.1) is 23.9 Å². The molecule has 0 fully saturated rings. The summed E-state index contributed by atoms with van der Waals surface area (Å²) >= 11 is 16.8. The molecule has 0 aromatic carbocycles. The van der Waals surface area contributed by atoms with Crippen molar-refractivity contribution in [3.05, 3.63) is 12.7 Å². The van der Waals surface area contributed by atoms with Crippen LogP contribution in [-0.4, -0.2) is 53.2 Å². The van der Waals surface area contributed by atoms with Crippen LogP contribution in [0.1, 0.15) is 68.7 Å². The molecule has 34 heavy (non-hydrogen) atoms. The summed E-state index contributed by atoms with van der Waals surface area (Å²) in [6, 6.07) is 0. The lowest BCUT2D eigenvalue weighted by Crippen LogP contribution is -2.47. The van der Waals surface area contributed by atoms with E-state index < -0.39 is 51.7 Å². The number of ketones is 1. The maximum atomic E-state index is 13.5. The number of hydrogen-bond acceptors (Lipinski definition) is 7. The molecule has 0 amide bonds. The zero-order valence-corrected chi connectivity index (χ0v) is 23.0. The average Bonchev–Trinajstić information content (AvgIpc) is 2.65. The summed E-state index contributed by atoms with van der Waals surface area (Å²) in [5, 5.41) is 0. The van der Waals surface area contributed by atoms with Gasteiger partial charge in [0.1, 0.15) is 24.1 Å². The second kappa shape index (κ2) is 14.5. The number of carbonyl (C=O) groups is 3. The van der Waals surface area contributed by atoms with Gasteiger partial charge in [-0.25, -0.2) is 4.79 Å². The molecule has 0 unspecified atom stereocenters. The number of ether oxygens (including phenoxy) is 4. The van der Waals surface area contributed by atoms with Crippen LogP contribution >= 0.6 is 34.8 Å². The fourth-order valence-corrected chi connectivity index (χ4v) is 3.62. The number of halogens is 3. The highest BCUT2D eigenvalue weighted by Gasteiger charge is 2.45. The van der Waals surface area contributed by atoms with Crippen LogP contribution in [-0.2, 0) is 28.5 Å². The highest BCUT2D eigenvalue weighted by molar-refractivity contribution is 6.67. The molecule has 0 aliphatic rings. The first kappa shape index (κ1) is 35.1. The van der Waals surface area contributed by atoms with Gasteiger partial charge in [0.25, 0.3) is 0 Å². The van der Waals surface area contributed by atoms with Crippen molar-refractivity contribution >= 4 is 52.7 Å². The van der Waals surface area contributed by atoms with Gasteiger partial charge < -0.3 is 18.9 Å². The van der Waals surface area contributed by atoms with E-state index in [0.29, 0.717) is 6.42 Å². The van der Waals surface area contributed by atoms with E-state index in [1.165, 1.54) is 7.11 Å². The smallest absolute Gasteiger partial charge is 0.460 e. The summed E-state index contributed by atoms with van der Waals surface area (Å²) in [7, 11) is 1.43. The van der Waals surface area contributed by atoms with E-state index in [1.54, 1.807) is 47.6 Å². The normalized spacial score (nSPS) is 15.7. The molecule has 0 N–H and O–H groups in total. The van der Waals surface area contributed by atoms with Crippen molar-refractivity contribution in [3.8, 4) is 0 Å². The Morgan fingerprint density at radius 2 is 1.56 bits per heavy atom. The molecule has 0 saturated carbocycles. The first-order valence-electron chi connectivity index (χ1n) is 10.7. The van der Waals surface area contributed by atoms with Crippen molar-refractivity contribution in [2.45, 2.75) is 90.3 Å². The number of hydrogen-bond donors (Lipinski definition) is 0. The zero-order valence-electron chi connectivity index (χ0n) is 20.7. The van der Waals surface area contributed by atoms with Gasteiger partial charge in [0, 0.05) is 7.11 Å². The number of alkyl halides is 3. The van der Waals surface area contributed by atoms with E-state index in [1.807, 2.05) is 6.92 Å². The third-order valence-electron chi connectivity index (χ3n) is 5.09. The quantitative estimate of drug-likeness (QED) is 0.152. The molecule has 200 valence electrons. The fraction of sp³-hybridized carbons (Fsp3) is 0.792. The molecule has 0 heterocycles. The third kappa shape index (κ3) is 12.6. The Kier molecular flexibility index (Phi) is 15.0. The Hall–Kier alpha value is -1.02. The molecule has 0 radical (unpaired) electrons. The molecule has 0 aromatic heterocycles. The van der Waals surface area contributed by atoms with Gasteiger partial charge in [-0.15, -0.1) is 6.58 Å². The summed E-state index contributed by atoms with van der Waals surface area (Å²) in [4.78, 5) is 38.1. The lowest BCUT2D eigenvalue weighted by atomic mass is 9.73. The van der Waals surface area contributed by atoms with Crippen LogP contribution in [0.3, 0.4) is 0 Å². The van der Waals surface area contributed by atoms with Gasteiger partial charge in [-0.1, -0.05) is 76.0 Å². The number of Topliss-reactive ketones (excluding diaryl/α,β-unsaturated/α-hetero) is 1. The van der Waals surface area contributed by atoms with Crippen molar-refractivity contribution in [3.63, 3.8) is 0 Å². The predicted octanol–water partition coefficient (Wildman–Crippen LogP) is 6.70. The molecule has 0 aliphatic carbocycles. The topological polar surface area (TPSA) is 88.1 Å². The van der Waals surface area contributed by atoms with Crippen molar-refractivity contribution in [2.24, 2.45) is 17.3 Å². The van der Waals surface area contributed by atoms with Crippen LogP contribution in [0.2, 0.25) is 0 Å². The average molecular weight is 548 g/mol. The number of allylic oxidation sites excluding steroid dienone is 1. The molecule has 0 bridgehead atoms. The first-order chi connectivity index (χ1) is 14.9. The molecule has 10 heteroatoms. The molecular formula is C24H41Cl3O7. The Morgan fingerprint density at radius 1 is 1.03 bits per heavy atom. The van der Waals surface area contributed by atoms with Crippen molar-refractivity contribution in [1.29, 1.82) is 0 Å². The standard InChI is InChI=1S/C23H37Cl3O7.CH4/c1-10-11-14(2)18(32-20(29)31-13-23(24,25)26)15(3)19(28)22(7,8)16(30-9)12-17(27)33-21(4,5)6;/h10,14-16,18H,1,11-13H2,2-9H3;1H4/t14-,15+,16-,18-;/m0./s1. The van der Waals surface area contributed by atoms with E-state index in [9.17, 15) is 14.4 Å². The number of methoxy groups -OCH3 is 1. The van der Waals surface area contributed by atoms with Crippen molar-refractivity contribution in [2.75, 3.05) is 13.7 Å². The number of esters is 1. The Balaban J connectivity index is 0. The second-order valence-electron chi connectivity index (χ2n) is 9.63. The summed E-state index contributed by atoms with van der Waals surface area (Å²) < 4.78 is 19.4.